The van der Waals surface area contributed by atoms with E-state index in [1.165, 1.54) is 0 Å². The molecule has 6 nitrogen and oxygen atoms in total. The first kappa shape index (κ1) is 20.5. The Bertz CT molecular complexity index is 564. The minimum Gasteiger partial charge on any atom is -0.467 e. The molecular weight excluding hydrogens is 332 g/mol. The number of rotatable bonds is 9. The van der Waals surface area contributed by atoms with Gasteiger partial charge in [0.25, 0.3) is 0 Å². The Morgan fingerprint density at radius 3 is 2.62 bits per heavy atom. The van der Waals surface area contributed by atoms with Crippen molar-refractivity contribution in [3.8, 4) is 0 Å². The second-order valence-corrected chi connectivity index (χ2v) is 7.37. The SMILES string of the molecule is CC[C@@H](C)N(CC(=O)N(Cc1ccco1)C[C@@H]1CCCO1)C(=O)C(C)C. The zero-order chi connectivity index (χ0) is 19.1. The summed E-state index contributed by atoms with van der Waals surface area (Å²) in [5.74, 6) is 0.559. The van der Waals surface area contributed by atoms with Crippen LogP contribution in [0.4, 0.5) is 0 Å². The normalized spacial score (nSPS) is 18.1. The third-order valence-electron chi connectivity index (χ3n) is 4.93. The Kier molecular flexibility index (Phi) is 7.69. The second kappa shape index (κ2) is 9.76. The highest BCUT2D eigenvalue weighted by atomic mass is 16.5. The molecule has 1 fully saturated rings. The van der Waals surface area contributed by atoms with Gasteiger partial charge in [-0.1, -0.05) is 20.8 Å². The molecule has 0 unspecified atom stereocenters. The maximum Gasteiger partial charge on any atom is 0.242 e. The monoisotopic (exact) mass is 364 g/mol. The van der Waals surface area contributed by atoms with Crippen LogP contribution in [0, 0.1) is 5.92 Å². The number of nitrogens with zero attached hydrogens (tertiary/aromatic N) is 2. The molecule has 0 saturated carbocycles. The summed E-state index contributed by atoms with van der Waals surface area (Å²) in [5, 5.41) is 0. The van der Waals surface area contributed by atoms with Crippen molar-refractivity contribution in [1.82, 2.24) is 9.80 Å². The summed E-state index contributed by atoms with van der Waals surface area (Å²) in [5.41, 5.74) is 0. The molecule has 0 bridgehead atoms. The smallest absolute Gasteiger partial charge is 0.242 e. The summed E-state index contributed by atoms with van der Waals surface area (Å²) < 4.78 is 11.1. The van der Waals surface area contributed by atoms with Crippen LogP contribution in [-0.2, 0) is 20.9 Å². The van der Waals surface area contributed by atoms with Gasteiger partial charge in [-0.2, -0.15) is 0 Å². The molecule has 1 aliphatic rings. The van der Waals surface area contributed by atoms with Gasteiger partial charge in [-0.15, -0.1) is 0 Å². The maximum atomic E-state index is 13.0. The molecular formula is C20H32N2O4. The van der Waals surface area contributed by atoms with Crippen LogP contribution in [0.15, 0.2) is 22.8 Å². The largest absolute Gasteiger partial charge is 0.467 e. The second-order valence-electron chi connectivity index (χ2n) is 7.37. The van der Waals surface area contributed by atoms with Crippen molar-refractivity contribution < 1.29 is 18.7 Å². The molecule has 2 rings (SSSR count). The van der Waals surface area contributed by atoms with Crippen LogP contribution in [0.5, 0.6) is 0 Å². The van der Waals surface area contributed by atoms with Gasteiger partial charge in [0, 0.05) is 25.1 Å². The minimum absolute atomic E-state index is 0.0164. The zero-order valence-corrected chi connectivity index (χ0v) is 16.4. The number of hydrogen-bond donors (Lipinski definition) is 0. The van der Waals surface area contributed by atoms with Gasteiger partial charge < -0.3 is 19.0 Å². The molecule has 2 heterocycles. The Labute approximate surface area is 156 Å². The van der Waals surface area contributed by atoms with Crippen LogP contribution in [0.3, 0.4) is 0 Å². The van der Waals surface area contributed by atoms with Crippen molar-refractivity contribution in [1.29, 1.82) is 0 Å². The summed E-state index contributed by atoms with van der Waals surface area (Å²) in [6.45, 7) is 9.54. The molecule has 0 N–H and O–H groups in total. The summed E-state index contributed by atoms with van der Waals surface area (Å²) in [4.78, 5) is 29.1. The Hall–Kier alpha value is -1.82. The first-order valence-corrected chi connectivity index (χ1v) is 9.64. The van der Waals surface area contributed by atoms with Crippen molar-refractivity contribution in [2.24, 2.45) is 5.92 Å². The van der Waals surface area contributed by atoms with Gasteiger partial charge in [-0.05, 0) is 38.3 Å². The molecule has 0 radical (unpaired) electrons. The fraction of sp³-hybridized carbons (Fsp3) is 0.700. The predicted molar refractivity (Wildman–Crippen MR) is 99.4 cm³/mol. The van der Waals surface area contributed by atoms with Gasteiger partial charge in [0.05, 0.1) is 18.9 Å². The van der Waals surface area contributed by atoms with E-state index in [1.807, 2.05) is 39.8 Å². The molecule has 26 heavy (non-hydrogen) atoms. The third-order valence-corrected chi connectivity index (χ3v) is 4.93. The first-order valence-electron chi connectivity index (χ1n) is 9.64. The number of furan rings is 1. The third kappa shape index (κ3) is 5.59. The van der Waals surface area contributed by atoms with Gasteiger partial charge in [0.2, 0.25) is 11.8 Å². The van der Waals surface area contributed by atoms with Crippen molar-refractivity contribution in [3.05, 3.63) is 24.2 Å². The quantitative estimate of drug-likeness (QED) is 0.675. The number of ether oxygens (including phenoxy) is 1. The van der Waals surface area contributed by atoms with Crippen molar-refractivity contribution in [3.63, 3.8) is 0 Å². The van der Waals surface area contributed by atoms with Gasteiger partial charge in [-0.25, -0.2) is 0 Å². The summed E-state index contributed by atoms with van der Waals surface area (Å²) >= 11 is 0. The number of carbonyl (C=O) groups excluding carboxylic acids is 2. The summed E-state index contributed by atoms with van der Waals surface area (Å²) in [6.07, 6.45) is 4.47. The standard InChI is InChI=1S/C20H32N2O4/c1-5-16(4)22(20(24)15(2)3)14-19(23)21(12-17-8-6-10-25-17)13-18-9-7-11-26-18/h6,8,10,15-16,18H,5,7,9,11-14H2,1-4H3/t16-,18+/m1/s1. The van der Waals surface area contributed by atoms with E-state index in [0.717, 1.165) is 31.6 Å². The highest BCUT2D eigenvalue weighted by molar-refractivity contribution is 5.86. The van der Waals surface area contributed by atoms with Crippen LogP contribution in [0.25, 0.3) is 0 Å². The van der Waals surface area contributed by atoms with Crippen LogP contribution >= 0.6 is 0 Å². The van der Waals surface area contributed by atoms with Crippen LogP contribution in [0.1, 0.15) is 52.7 Å². The number of carbonyl (C=O) groups is 2. The lowest BCUT2D eigenvalue weighted by Gasteiger charge is -2.32. The highest BCUT2D eigenvalue weighted by Crippen LogP contribution is 2.17. The fourth-order valence-corrected chi connectivity index (χ4v) is 3.13. The molecule has 0 aliphatic carbocycles. The van der Waals surface area contributed by atoms with Crippen molar-refractivity contribution in [2.45, 2.75) is 65.6 Å². The lowest BCUT2D eigenvalue weighted by Crippen LogP contribution is -2.49. The van der Waals surface area contributed by atoms with Gasteiger partial charge in [0.1, 0.15) is 12.3 Å². The van der Waals surface area contributed by atoms with Crippen molar-refractivity contribution >= 4 is 11.8 Å². The topological polar surface area (TPSA) is 63.0 Å². The van der Waals surface area contributed by atoms with E-state index in [-0.39, 0.29) is 36.4 Å². The van der Waals surface area contributed by atoms with Gasteiger partial charge in [-0.3, -0.25) is 9.59 Å². The van der Waals surface area contributed by atoms with E-state index in [4.69, 9.17) is 9.15 Å². The summed E-state index contributed by atoms with van der Waals surface area (Å²) in [7, 11) is 0. The van der Waals surface area contributed by atoms with E-state index in [0.29, 0.717) is 13.1 Å². The number of amides is 2. The van der Waals surface area contributed by atoms with Crippen LogP contribution < -0.4 is 0 Å². The lowest BCUT2D eigenvalue weighted by molar-refractivity contribution is -0.145. The molecule has 6 heteroatoms. The van der Waals surface area contributed by atoms with Crippen molar-refractivity contribution in [2.75, 3.05) is 19.7 Å². The highest BCUT2D eigenvalue weighted by Gasteiger charge is 2.28. The molecule has 0 aromatic carbocycles. The maximum absolute atomic E-state index is 13.0. The average Bonchev–Trinajstić information content (AvgIpc) is 3.31. The molecule has 0 spiro atoms. The van der Waals surface area contributed by atoms with Crippen LogP contribution in [-0.4, -0.2) is 53.5 Å². The molecule has 2 atom stereocenters. The first-order chi connectivity index (χ1) is 12.4. The molecule has 1 aliphatic heterocycles. The minimum atomic E-state index is -0.131. The Morgan fingerprint density at radius 1 is 1.31 bits per heavy atom. The zero-order valence-electron chi connectivity index (χ0n) is 16.4. The molecule has 1 aromatic heterocycles. The number of hydrogen-bond acceptors (Lipinski definition) is 4. The molecule has 1 aromatic rings. The predicted octanol–water partition coefficient (Wildman–Crippen LogP) is 3.07. The van der Waals surface area contributed by atoms with Gasteiger partial charge >= 0.3 is 0 Å². The van der Waals surface area contributed by atoms with E-state index in [1.54, 1.807) is 16.1 Å². The Balaban J connectivity index is 2.10. The van der Waals surface area contributed by atoms with E-state index in [9.17, 15) is 9.59 Å². The lowest BCUT2D eigenvalue weighted by atomic mass is 10.1. The van der Waals surface area contributed by atoms with Crippen LogP contribution in [0.2, 0.25) is 0 Å². The molecule has 1 saturated heterocycles. The fourth-order valence-electron chi connectivity index (χ4n) is 3.13. The molecule has 146 valence electrons. The van der Waals surface area contributed by atoms with E-state index < -0.39 is 0 Å². The van der Waals surface area contributed by atoms with Gasteiger partial charge in [0.15, 0.2) is 0 Å². The Morgan fingerprint density at radius 2 is 2.08 bits per heavy atom. The van der Waals surface area contributed by atoms with E-state index in [2.05, 4.69) is 0 Å². The average molecular weight is 364 g/mol. The van der Waals surface area contributed by atoms with E-state index >= 15 is 0 Å². The molecule has 2 amide bonds. The summed E-state index contributed by atoms with van der Waals surface area (Å²) in [6, 6.07) is 3.71.